The maximum atomic E-state index is 5.36. The highest BCUT2D eigenvalue weighted by atomic mass is 15.1. The largest absolute Gasteiger partial charge is 0.309 e. The van der Waals surface area contributed by atoms with Crippen molar-refractivity contribution in [2.75, 3.05) is 0 Å². The molecule has 0 saturated heterocycles. The summed E-state index contributed by atoms with van der Waals surface area (Å²) >= 11 is 0. The van der Waals surface area contributed by atoms with E-state index in [0.29, 0.717) is 0 Å². The zero-order valence-corrected chi connectivity index (χ0v) is 28.0. The molecule has 0 atom stereocenters. The minimum absolute atomic E-state index is 0.915. The minimum Gasteiger partial charge on any atom is -0.309 e. The van der Waals surface area contributed by atoms with Crippen LogP contribution in [0.4, 0.5) is 0 Å². The third-order valence-corrected chi connectivity index (χ3v) is 11.1. The zero-order chi connectivity index (χ0) is 33.9. The van der Waals surface area contributed by atoms with Gasteiger partial charge in [0.2, 0.25) is 0 Å². The maximum Gasteiger partial charge on any atom is 0.138 e. The quantitative estimate of drug-likeness (QED) is 0.189. The number of para-hydroxylation sites is 2. The van der Waals surface area contributed by atoms with Gasteiger partial charge < -0.3 is 4.57 Å². The molecule has 1 aliphatic rings. The van der Waals surface area contributed by atoms with Crippen LogP contribution in [-0.2, 0) is 0 Å². The zero-order valence-electron chi connectivity index (χ0n) is 28.0. The molecule has 0 N–H and O–H groups in total. The van der Waals surface area contributed by atoms with Crippen molar-refractivity contribution in [3.8, 4) is 45.0 Å². The molecule has 0 bridgehead atoms. The van der Waals surface area contributed by atoms with Crippen molar-refractivity contribution in [1.29, 1.82) is 0 Å². The molecule has 12 rings (SSSR count). The molecule has 0 radical (unpaired) electrons. The van der Waals surface area contributed by atoms with E-state index in [2.05, 4.69) is 178 Å². The van der Waals surface area contributed by atoms with Gasteiger partial charge in [-0.3, -0.25) is 9.55 Å². The molecule has 7 aromatic carbocycles. The molecule has 11 aromatic rings. The number of fused-ring (bicyclic) bond motifs is 10. The average Bonchev–Trinajstić information content (AvgIpc) is 3.83. The standard InChI is InChI=1S/C48H28N4/c1-2-11-33(12-3-1)51-43-20-17-32(27-39(43)40-25-29-9-4-5-10-30(29)28-45(40)51)31-18-21-44-38(26-31)34-13-6-7-16-42(34)52(44)46-22-19-36-35-14-8-15-41-47(35)37(23-24-49-41)48(36)50-46/h1-28H. The molecule has 52 heavy (non-hydrogen) atoms. The lowest BCUT2D eigenvalue weighted by atomic mass is 10.00. The molecule has 0 aliphatic heterocycles. The summed E-state index contributed by atoms with van der Waals surface area (Å²) in [6, 6.07) is 59.4. The second-order valence-electron chi connectivity index (χ2n) is 13.8. The van der Waals surface area contributed by atoms with E-state index in [9.17, 15) is 0 Å². The van der Waals surface area contributed by atoms with Crippen molar-refractivity contribution in [1.82, 2.24) is 19.1 Å². The van der Waals surface area contributed by atoms with Crippen LogP contribution in [0.1, 0.15) is 0 Å². The fourth-order valence-corrected chi connectivity index (χ4v) is 8.76. The Hall–Kier alpha value is -7.04. The smallest absolute Gasteiger partial charge is 0.138 e. The van der Waals surface area contributed by atoms with E-state index in [4.69, 9.17) is 4.98 Å². The first-order chi connectivity index (χ1) is 25.8. The van der Waals surface area contributed by atoms with Gasteiger partial charge in [-0.1, -0.05) is 84.9 Å². The van der Waals surface area contributed by atoms with Crippen LogP contribution in [0.25, 0.3) is 110 Å². The summed E-state index contributed by atoms with van der Waals surface area (Å²) < 4.78 is 4.72. The fraction of sp³-hybridized carbons (Fsp3) is 0. The van der Waals surface area contributed by atoms with Crippen LogP contribution in [-0.4, -0.2) is 19.1 Å². The van der Waals surface area contributed by atoms with Crippen molar-refractivity contribution >= 4 is 65.3 Å². The Kier molecular flexibility index (Phi) is 5.47. The van der Waals surface area contributed by atoms with Crippen LogP contribution in [0.3, 0.4) is 0 Å². The molecule has 4 aromatic heterocycles. The molecule has 0 saturated carbocycles. The van der Waals surface area contributed by atoms with Gasteiger partial charge in [0, 0.05) is 49.9 Å². The number of pyridine rings is 2. The van der Waals surface area contributed by atoms with Crippen molar-refractivity contribution in [2.24, 2.45) is 0 Å². The highest BCUT2D eigenvalue weighted by molar-refractivity contribution is 6.16. The van der Waals surface area contributed by atoms with E-state index in [0.717, 1.165) is 44.9 Å². The van der Waals surface area contributed by atoms with Crippen LogP contribution in [0.15, 0.2) is 170 Å². The number of nitrogens with zero attached hydrogens (tertiary/aromatic N) is 4. The van der Waals surface area contributed by atoms with Crippen molar-refractivity contribution in [3.63, 3.8) is 0 Å². The van der Waals surface area contributed by atoms with E-state index >= 15 is 0 Å². The Bertz CT molecular complexity index is 3290. The van der Waals surface area contributed by atoms with Crippen LogP contribution in [0, 0.1) is 0 Å². The molecular formula is C48H28N4. The Labute approximate surface area is 298 Å². The molecule has 0 unspecified atom stereocenters. The van der Waals surface area contributed by atoms with Gasteiger partial charge in [0.05, 0.1) is 33.3 Å². The van der Waals surface area contributed by atoms with Crippen molar-refractivity contribution in [2.45, 2.75) is 0 Å². The first-order valence-corrected chi connectivity index (χ1v) is 17.7. The first kappa shape index (κ1) is 27.7. The highest BCUT2D eigenvalue weighted by Gasteiger charge is 2.24. The second kappa shape index (κ2) is 10.3. The topological polar surface area (TPSA) is 35.6 Å². The summed E-state index contributed by atoms with van der Waals surface area (Å²) in [7, 11) is 0. The molecule has 4 heteroatoms. The Balaban J connectivity index is 1.05. The summed E-state index contributed by atoms with van der Waals surface area (Å²) in [5.41, 5.74) is 13.8. The maximum absolute atomic E-state index is 5.36. The molecule has 0 fully saturated rings. The van der Waals surface area contributed by atoms with Crippen LogP contribution < -0.4 is 0 Å². The van der Waals surface area contributed by atoms with E-state index < -0.39 is 0 Å². The summed E-state index contributed by atoms with van der Waals surface area (Å²) in [6.07, 6.45) is 1.89. The Morgan fingerprint density at radius 3 is 1.94 bits per heavy atom. The van der Waals surface area contributed by atoms with Crippen molar-refractivity contribution in [3.05, 3.63) is 170 Å². The molecule has 4 heterocycles. The van der Waals surface area contributed by atoms with Crippen LogP contribution in [0.5, 0.6) is 0 Å². The molecule has 4 nitrogen and oxygen atoms in total. The van der Waals surface area contributed by atoms with Crippen molar-refractivity contribution < 1.29 is 0 Å². The normalized spacial score (nSPS) is 12.2. The molecule has 1 aliphatic carbocycles. The van der Waals surface area contributed by atoms with Gasteiger partial charge in [-0.25, -0.2) is 4.98 Å². The van der Waals surface area contributed by atoms with Gasteiger partial charge in [-0.05, 0) is 106 Å². The van der Waals surface area contributed by atoms with E-state index in [1.165, 1.54) is 65.4 Å². The SMILES string of the molecule is c1ccc(-n2c3ccc(-c4ccc5c(c4)c4ccccc4n5-c4ccc5c(n4)-c4ccnc6cccc-5c46)cc3c3cc4ccccc4cc32)cc1. The molecule has 0 spiro atoms. The molecule has 0 amide bonds. The van der Waals surface area contributed by atoms with Gasteiger partial charge >= 0.3 is 0 Å². The number of aromatic nitrogens is 4. The summed E-state index contributed by atoms with van der Waals surface area (Å²) in [5, 5.41) is 8.61. The fourth-order valence-electron chi connectivity index (χ4n) is 8.76. The van der Waals surface area contributed by atoms with E-state index in [1.54, 1.807) is 0 Å². The summed E-state index contributed by atoms with van der Waals surface area (Å²) in [6.45, 7) is 0. The van der Waals surface area contributed by atoms with Crippen LogP contribution >= 0.6 is 0 Å². The second-order valence-corrected chi connectivity index (χ2v) is 13.8. The monoisotopic (exact) mass is 660 g/mol. The number of hydrogen-bond donors (Lipinski definition) is 0. The summed E-state index contributed by atoms with van der Waals surface area (Å²) in [4.78, 5) is 10.00. The number of rotatable bonds is 3. The predicted molar refractivity (Wildman–Crippen MR) is 216 cm³/mol. The van der Waals surface area contributed by atoms with Gasteiger partial charge in [-0.2, -0.15) is 0 Å². The Morgan fingerprint density at radius 2 is 1.10 bits per heavy atom. The van der Waals surface area contributed by atoms with Gasteiger partial charge in [-0.15, -0.1) is 0 Å². The third kappa shape index (κ3) is 3.75. The summed E-state index contributed by atoms with van der Waals surface area (Å²) in [5.74, 6) is 0.915. The van der Waals surface area contributed by atoms with E-state index in [-0.39, 0.29) is 0 Å². The van der Waals surface area contributed by atoms with Crippen LogP contribution in [0.2, 0.25) is 0 Å². The predicted octanol–water partition coefficient (Wildman–Crippen LogP) is 12.3. The molecule has 240 valence electrons. The third-order valence-electron chi connectivity index (χ3n) is 11.1. The highest BCUT2D eigenvalue weighted by Crippen LogP contribution is 2.46. The first-order valence-electron chi connectivity index (χ1n) is 17.7. The average molecular weight is 661 g/mol. The minimum atomic E-state index is 0.915. The lowest BCUT2D eigenvalue weighted by Crippen LogP contribution is -1.98. The van der Waals surface area contributed by atoms with E-state index in [1.807, 2.05) is 6.20 Å². The number of hydrogen-bond acceptors (Lipinski definition) is 2. The van der Waals surface area contributed by atoms with Gasteiger partial charge in [0.15, 0.2) is 0 Å². The Morgan fingerprint density at radius 1 is 0.404 bits per heavy atom. The lowest BCUT2D eigenvalue weighted by Gasteiger charge is -2.10. The number of benzene rings is 7. The van der Waals surface area contributed by atoms with Gasteiger partial charge in [0.25, 0.3) is 0 Å². The van der Waals surface area contributed by atoms with Gasteiger partial charge in [0.1, 0.15) is 5.82 Å². The molecular weight excluding hydrogens is 633 g/mol. The lowest BCUT2D eigenvalue weighted by molar-refractivity contribution is 1.09.